The van der Waals surface area contributed by atoms with E-state index in [-0.39, 0.29) is 12.1 Å². The summed E-state index contributed by atoms with van der Waals surface area (Å²) in [5.41, 5.74) is 0.958. The summed E-state index contributed by atoms with van der Waals surface area (Å²) in [6.07, 6.45) is 5.06. The number of urea groups is 1. The highest BCUT2D eigenvalue weighted by atomic mass is 16.2. The summed E-state index contributed by atoms with van der Waals surface area (Å²) in [6, 6.07) is 7.16. The molecule has 1 aromatic heterocycles. The van der Waals surface area contributed by atoms with Crippen LogP contribution in [0.1, 0.15) is 38.8 Å². The van der Waals surface area contributed by atoms with E-state index >= 15 is 0 Å². The molecule has 1 aromatic rings. The van der Waals surface area contributed by atoms with Gasteiger partial charge >= 0.3 is 6.03 Å². The molecule has 1 unspecified atom stereocenters. The molecule has 1 N–H and O–H groups in total. The fourth-order valence-electron chi connectivity index (χ4n) is 3.05. The standard InChI is InChI=1S/C17H26N4O/c1-13(2)20-10-8-15(11-20)19-17(22)21(16-6-7-16)12-14-5-3-4-9-18-14/h3-5,9,13,15-16H,6-8,10-12H2,1-2H3,(H,19,22). The van der Waals surface area contributed by atoms with E-state index in [1.54, 1.807) is 6.20 Å². The SMILES string of the molecule is CC(C)N1CCC(NC(=O)N(Cc2ccccn2)C2CC2)C1. The van der Waals surface area contributed by atoms with Crippen LogP contribution in [-0.4, -0.2) is 52.0 Å². The highest BCUT2D eigenvalue weighted by molar-refractivity contribution is 5.75. The van der Waals surface area contributed by atoms with Crippen LogP contribution in [0.5, 0.6) is 0 Å². The molecule has 3 rings (SSSR count). The largest absolute Gasteiger partial charge is 0.334 e. The van der Waals surface area contributed by atoms with Gasteiger partial charge in [0.25, 0.3) is 0 Å². The number of pyridine rings is 1. The van der Waals surface area contributed by atoms with E-state index in [1.165, 1.54) is 0 Å². The minimum atomic E-state index is 0.0729. The van der Waals surface area contributed by atoms with Crippen molar-refractivity contribution in [1.29, 1.82) is 0 Å². The zero-order valence-corrected chi connectivity index (χ0v) is 13.5. The minimum absolute atomic E-state index is 0.0729. The van der Waals surface area contributed by atoms with Crippen molar-refractivity contribution in [2.75, 3.05) is 13.1 Å². The third kappa shape index (κ3) is 3.77. The minimum Gasteiger partial charge on any atom is -0.334 e. The summed E-state index contributed by atoms with van der Waals surface area (Å²) in [4.78, 5) is 21.4. The third-order valence-corrected chi connectivity index (χ3v) is 4.58. The van der Waals surface area contributed by atoms with E-state index in [1.807, 2.05) is 23.1 Å². The van der Waals surface area contributed by atoms with Gasteiger partial charge in [-0.1, -0.05) is 6.07 Å². The molecule has 2 fully saturated rings. The molecule has 0 radical (unpaired) electrons. The van der Waals surface area contributed by atoms with Crippen LogP contribution < -0.4 is 5.32 Å². The summed E-state index contributed by atoms with van der Waals surface area (Å²) in [6.45, 7) is 7.07. The van der Waals surface area contributed by atoms with Crippen molar-refractivity contribution in [1.82, 2.24) is 20.1 Å². The van der Waals surface area contributed by atoms with Gasteiger partial charge in [0.1, 0.15) is 0 Å². The quantitative estimate of drug-likeness (QED) is 0.907. The smallest absolute Gasteiger partial charge is 0.318 e. The van der Waals surface area contributed by atoms with Crippen molar-refractivity contribution in [3.05, 3.63) is 30.1 Å². The average molecular weight is 302 g/mol. The summed E-state index contributed by atoms with van der Waals surface area (Å²) in [5.74, 6) is 0. The summed E-state index contributed by atoms with van der Waals surface area (Å²) in [7, 11) is 0. The second kappa shape index (κ2) is 6.65. The predicted molar refractivity (Wildman–Crippen MR) is 86.4 cm³/mol. The van der Waals surface area contributed by atoms with Crippen LogP contribution in [0.15, 0.2) is 24.4 Å². The molecule has 120 valence electrons. The lowest BCUT2D eigenvalue weighted by atomic mass is 10.2. The molecular formula is C17H26N4O. The van der Waals surface area contributed by atoms with Crippen LogP contribution in [0.2, 0.25) is 0 Å². The van der Waals surface area contributed by atoms with E-state index in [9.17, 15) is 4.79 Å². The van der Waals surface area contributed by atoms with Crippen molar-refractivity contribution < 1.29 is 4.79 Å². The normalized spacial score (nSPS) is 22.0. The molecule has 1 atom stereocenters. The molecule has 1 saturated carbocycles. The first kappa shape index (κ1) is 15.3. The molecule has 1 aliphatic heterocycles. The Balaban J connectivity index is 1.57. The number of nitrogens with zero attached hydrogens (tertiary/aromatic N) is 3. The van der Waals surface area contributed by atoms with Gasteiger partial charge in [0.2, 0.25) is 0 Å². The van der Waals surface area contributed by atoms with E-state index in [0.717, 1.165) is 38.0 Å². The molecule has 1 aliphatic carbocycles. The molecule has 0 bridgehead atoms. The highest BCUT2D eigenvalue weighted by Gasteiger charge is 2.34. The zero-order chi connectivity index (χ0) is 15.5. The first-order valence-electron chi connectivity index (χ1n) is 8.34. The van der Waals surface area contributed by atoms with Gasteiger partial charge in [0, 0.05) is 37.4 Å². The van der Waals surface area contributed by atoms with Crippen molar-refractivity contribution >= 4 is 6.03 Å². The Bertz CT molecular complexity index is 501. The van der Waals surface area contributed by atoms with E-state index in [0.29, 0.717) is 18.6 Å². The maximum atomic E-state index is 12.6. The molecule has 2 amide bonds. The van der Waals surface area contributed by atoms with Crippen LogP contribution in [0.25, 0.3) is 0 Å². The Morgan fingerprint density at radius 3 is 2.82 bits per heavy atom. The second-order valence-corrected chi connectivity index (χ2v) is 6.70. The van der Waals surface area contributed by atoms with E-state index < -0.39 is 0 Å². The van der Waals surface area contributed by atoms with Gasteiger partial charge in [-0.15, -0.1) is 0 Å². The first-order chi connectivity index (χ1) is 10.6. The zero-order valence-electron chi connectivity index (χ0n) is 13.5. The molecule has 5 nitrogen and oxygen atoms in total. The maximum absolute atomic E-state index is 12.6. The van der Waals surface area contributed by atoms with Crippen molar-refractivity contribution in [3.8, 4) is 0 Å². The van der Waals surface area contributed by atoms with Crippen LogP contribution in [0, 0.1) is 0 Å². The van der Waals surface area contributed by atoms with Gasteiger partial charge < -0.3 is 10.2 Å². The number of carbonyl (C=O) groups excluding carboxylic acids is 1. The summed E-state index contributed by atoms with van der Waals surface area (Å²) >= 11 is 0. The lowest BCUT2D eigenvalue weighted by molar-refractivity contribution is 0.186. The number of nitrogens with one attached hydrogen (secondary N) is 1. The molecule has 1 saturated heterocycles. The Kier molecular flexibility index (Phi) is 4.62. The van der Waals surface area contributed by atoms with Crippen LogP contribution in [0.3, 0.4) is 0 Å². The number of rotatable bonds is 5. The molecular weight excluding hydrogens is 276 g/mol. The van der Waals surface area contributed by atoms with Crippen LogP contribution >= 0.6 is 0 Å². The molecule has 2 heterocycles. The van der Waals surface area contributed by atoms with Gasteiger partial charge in [-0.3, -0.25) is 9.88 Å². The van der Waals surface area contributed by atoms with Crippen LogP contribution in [0.4, 0.5) is 4.79 Å². The number of likely N-dealkylation sites (tertiary alicyclic amines) is 1. The van der Waals surface area contributed by atoms with Crippen molar-refractivity contribution in [3.63, 3.8) is 0 Å². The molecule has 22 heavy (non-hydrogen) atoms. The maximum Gasteiger partial charge on any atom is 0.318 e. The predicted octanol–water partition coefficient (Wildman–Crippen LogP) is 2.24. The number of hydrogen-bond donors (Lipinski definition) is 1. The summed E-state index contributed by atoms with van der Waals surface area (Å²) < 4.78 is 0. The van der Waals surface area contributed by atoms with E-state index in [4.69, 9.17) is 0 Å². The van der Waals surface area contributed by atoms with E-state index in [2.05, 4.69) is 29.0 Å². The van der Waals surface area contributed by atoms with Crippen molar-refractivity contribution in [2.24, 2.45) is 0 Å². The highest BCUT2D eigenvalue weighted by Crippen LogP contribution is 2.28. The lowest BCUT2D eigenvalue weighted by Crippen LogP contribution is -2.46. The Hall–Kier alpha value is -1.62. The fraction of sp³-hybridized carbons (Fsp3) is 0.647. The molecule has 0 spiro atoms. The Morgan fingerprint density at radius 2 is 2.23 bits per heavy atom. The topological polar surface area (TPSA) is 48.5 Å². The number of carbonyl (C=O) groups is 1. The first-order valence-corrected chi connectivity index (χ1v) is 8.34. The van der Waals surface area contributed by atoms with Crippen molar-refractivity contribution in [2.45, 2.75) is 57.8 Å². The lowest BCUT2D eigenvalue weighted by Gasteiger charge is -2.25. The third-order valence-electron chi connectivity index (χ3n) is 4.58. The molecule has 5 heteroatoms. The van der Waals surface area contributed by atoms with Gasteiger partial charge in [0.05, 0.1) is 12.2 Å². The summed E-state index contributed by atoms with van der Waals surface area (Å²) in [5, 5.41) is 3.22. The second-order valence-electron chi connectivity index (χ2n) is 6.70. The molecule has 2 aliphatic rings. The average Bonchev–Trinajstić information content (AvgIpc) is 3.24. The van der Waals surface area contributed by atoms with Gasteiger partial charge in [-0.05, 0) is 45.2 Å². The Morgan fingerprint density at radius 1 is 1.41 bits per heavy atom. The monoisotopic (exact) mass is 302 g/mol. The van der Waals surface area contributed by atoms with Gasteiger partial charge in [0.15, 0.2) is 0 Å². The molecule has 0 aromatic carbocycles. The van der Waals surface area contributed by atoms with Gasteiger partial charge in [-0.2, -0.15) is 0 Å². The Labute approximate surface area is 132 Å². The number of amides is 2. The van der Waals surface area contributed by atoms with Crippen LogP contribution in [-0.2, 0) is 6.54 Å². The fourth-order valence-corrected chi connectivity index (χ4v) is 3.05. The van der Waals surface area contributed by atoms with Gasteiger partial charge in [-0.25, -0.2) is 4.79 Å². The number of aromatic nitrogens is 1. The number of hydrogen-bond acceptors (Lipinski definition) is 3.